The molecule has 3 rings (SSSR count). The first-order valence-corrected chi connectivity index (χ1v) is 6.60. The third kappa shape index (κ3) is 2.67. The lowest BCUT2D eigenvalue weighted by atomic mass is 10.2. The highest BCUT2D eigenvalue weighted by Crippen LogP contribution is 2.29. The Bertz CT molecular complexity index is 602. The summed E-state index contributed by atoms with van der Waals surface area (Å²) < 4.78 is 0. The molecule has 0 spiro atoms. The number of hydrogen-bond acceptors (Lipinski definition) is 2. The molecule has 0 saturated heterocycles. The molecule has 0 bridgehead atoms. The second-order valence-electron chi connectivity index (χ2n) is 5.13. The van der Waals surface area contributed by atoms with Gasteiger partial charge in [-0.25, -0.2) is 4.79 Å². The van der Waals surface area contributed by atoms with Crippen molar-refractivity contribution in [3.05, 3.63) is 36.5 Å². The summed E-state index contributed by atoms with van der Waals surface area (Å²) in [6.45, 7) is 0.837. The van der Waals surface area contributed by atoms with E-state index in [9.17, 15) is 4.79 Å². The molecule has 1 fully saturated rings. The summed E-state index contributed by atoms with van der Waals surface area (Å²) in [7, 11) is 1.84. The van der Waals surface area contributed by atoms with Gasteiger partial charge in [-0.05, 0) is 30.9 Å². The molecule has 0 radical (unpaired) electrons. The summed E-state index contributed by atoms with van der Waals surface area (Å²) in [5.74, 6) is 0.696. The Balaban J connectivity index is 1.78. The van der Waals surface area contributed by atoms with Gasteiger partial charge in [0.1, 0.15) is 0 Å². The van der Waals surface area contributed by atoms with Crippen molar-refractivity contribution in [2.45, 2.75) is 12.8 Å². The molecule has 0 unspecified atom stereocenters. The highest BCUT2D eigenvalue weighted by atomic mass is 16.2. The number of carbonyl (C=O) groups excluding carboxylic acids is 1. The van der Waals surface area contributed by atoms with E-state index in [1.165, 1.54) is 12.8 Å². The molecule has 1 aliphatic carbocycles. The zero-order valence-electron chi connectivity index (χ0n) is 11.0. The van der Waals surface area contributed by atoms with Gasteiger partial charge in [0.05, 0.1) is 11.2 Å². The van der Waals surface area contributed by atoms with Crippen LogP contribution in [0.3, 0.4) is 0 Å². The molecule has 1 aliphatic rings. The van der Waals surface area contributed by atoms with Crippen LogP contribution in [-0.2, 0) is 0 Å². The van der Waals surface area contributed by atoms with Crippen LogP contribution >= 0.6 is 0 Å². The van der Waals surface area contributed by atoms with Crippen molar-refractivity contribution in [3.8, 4) is 0 Å². The van der Waals surface area contributed by atoms with Crippen molar-refractivity contribution in [1.82, 2.24) is 9.88 Å². The van der Waals surface area contributed by atoms with Gasteiger partial charge in [-0.2, -0.15) is 0 Å². The van der Waals surface area contributed by atoms with E-state index in [1.807, 2.05) is 37.4 Å². The minimum absolute atomic E-state index is 0.0648. The molecule has 1 heterocycles. The number of amides is 2. The molecule has 4 nitrogen and oxygen atoms in total. The monoisotopic (exact) mass is 255 g/mol. The number of para-hydroxylation sites is 1. The number of hydrogen-bond donors (Lipinski definition) is 1. The van der Waals surface area contributed by atoms with Gasteiger partial charge >= 0.3 is 6.03 Å². The quantitative estimate of drug-likeness (QED) is 0.916. The number of nitrogens with zero attached hydrogens (tertiary/aromatic N) is 2. The summed E-state index contributed by atoms with van der Waals surface area (Å²) in [5.41, 5.74) is 1.60. The molecule has 2 amide bonds. The van der Waals surface area contributed by atoms with Gasteiger partial charge in [0, 0.05) is 25.2 Å². The second kappa shape index (κ2) is 4.88. The predicted molar refractivity (Wildman–Crippen MR) is 76.1 cm³/mol. The van der Waals surface area contributed by atoms with Crippen LogP contribution in [0, 0.1) is 5.92 Å². The Morgan fingerprint density at radius 3 is 2.95 bits per heavy atom. The van der Waals surface area contributed by atoms with E-state index in [4.69, 9.17) is 0 Å². The zero-order chi connectivity index (χ0) is 13.2. The van der Waals surface area contributed by atoms with Crippen molar-refractivity contribution in [1.29, 1.82) is 0 Å². The molecule has 0 aliphatic heterocycles. The Hall–Kier alpha value is -2.10. The van der Waals surface area contributed by atoms with E-state index in [1.54, 1.807) is 11.1 Å². The van der Waals surface area contributed by atoms with Gasteiger partial charge in [-0.15, -0.1) is 0 Å². The Labute approximate surface area is 112 Å². The summed E-state index contributed by atoms with van der Waals surface area (Å²) in [6.07, 6.45) is 4.23. The van der Waals surface area contributed by atoms with Gasteiger partial charge < -0.3 is 10.2 Å². The van der Waals surface area contributed by atoms with Gasteiger partial charge in [0.2, 0.25) is 0 Å². The van der Waals surface area contributed by atoms with Crippen LogP contribution in [0.2, 0.25) is 0 Å². The first-order chi connectivity index (χ1) is 9.24. The van der Waals surface area contributed by atoms with Crippen molar-refractivity contribution >= 4 is 22.6 Å². The highest BCUT2D eigenvalue weighted by Gasteiger charge is 2.24. The average Bonchev–Trinajstić information content (AvgIpc) is 3.23. The van der Waals surface area contributed by atoms with Gasteiger partial charge in [0.15, 0.2) is 0 Å². The summed E-state index contributed by atoms with van der Waals surface area (Å²) in [6, 6.07) is 9.63. The normalized spacial score (nSPS) is 14.4. The number of benzene rings is 1. The maximum atomic E-state index is 12.1. The molecule has 1 aromatic heterocycles. The summed E-state index contributed by atoms with van der Waals surface area (Å²) in [5, 5.41) is 3.97. The molecular weight excluding hydrogens is 238 g/mol. The SMILES string of the molecule is CN(CC1CC1)C(=O)Nc1cccc2cccnc12. The third-order valence-corrected chi connectivity index (χ3v) is 3.45. The van der Waals surface area contributed by atoms with E-state index < -0.39 is 0 Å². The smallest absolute Gasteiger partial charge is 0.321 e. The molecule has 4 heteroatoms. The van der Waals surface area contributed by atoms with Crippen molar-refractivity contribution in [2.24, 2.45) is 5.92 Å². The Kier molecular flexibility index (Phi) is 3.07. The van der Waals surface area contributed by atoms with Gasteiger partial charge in [-0.3, -0.25) is 4.98 Å². The lowest BCUT2D eigenvalue weighted by Gasteiger charge is -2.18. The number of carbonyl (C=O) groups is 1. The molecule has 2 aromatic rings. The van der Waals surface area contributed by atoms with Crippen molar-refractivity contribution in [3.63, 3.8) is 0 Å². The second-order valence-corrected chi connectivity index (χ2v) is 5.13. The van der Waals surface area contributed by atoms with Crippen LogP contribution < -0.4 is 5.32 Å². The lowest BCUT2D eigenvalue weighted by molar-refractivity contribution is 0.220. The number of aromatic nitrogens is 1. The minimum atomic E-state index is -0.0648. The van der Waals surface area contributed by atoms with Crippen LogP contribution in [0.15, 0.2) is 36.5 Å². The zero-order valence-corrected chi connectivity index (χ0v) is 11.0. The first-order valence-electron chi connectivity index (χ1n) is 6.60. The standard InChI is InChI=1S/C15H17N3O/c1-18(10-11-7-8-11)15(19)17-13-6-2-4-12-5-3-9-16-14(12)13/h2-6,9,11H,7-8,10H2,1H3,(H,17,19). The number of anilines is 1. The molecule has 98 valence electrons. The molecule has 19 heavy (non-hydrogen) atoms. The van der Waals surface area contributed by atoms with Crippen LogP contribution in [0.4, 0.5) is 10.5 Å². The number of pyridine rings is 1. The van der Waals surface area contributed by atoms with Crippen LogP contribution in [0.5, 0.6) is 0 Å². The number of fused-ring (bicyclic) bond motifs is 1. The van der Waals surface area contributed by atoms with Gasteiger partial charge in [-0.1, -0.05) is 18.2 Å². The molecule has 0 atom stereocenters. The molecule has 1 saturated carbocycles. The van der Waals surface area contributed by atoms with Crippen molar-refractivity contribution < 1.29 is 4.79 Å². The van der Waals surface area contributed by atoms with E-state index in [0.29, 0.717) is 5.92 Å². The molecule has 1 N–H and O–H groups in total. The fraction of sp³-hybridized carbons (Fsp3) is 0.333. The summed E-state index contributed by atoms with van der Waals surface area (Å²) >= 11 is 0. The van der Waals surface area contributed by atoms with Crippen LogP contribution in [0.25, 0.3) is 10.9 Å². The lowest BCUT2D eigenvalue weighted by Crippen LogP contribution is -2.33. The van der Waals surface area contributed by atoms with Crippen molar-refractivity contribution in [2.75, 3.05) is 18.9 Å². The maximum Gasteiger partial charge on any atom is 0.321 e. The Morgan fingerprint density at radius 1 is 1.37 bits per heavy atom. The van der Waals surface area contributed by atoms with Crippen LogP contribution in [0.1, 0.15) is 12.8 Å². The van der Waals surface area contributed by atoms with Gasteiger partial charge in [0.25, 0.3) is 0 Å². The topological polar surface area (TPSA) is 45.2 Å². The van der Waals surface area contributed by atoms with E-state index in [0.717, 1.165) is 23.1 Å². The summed E-state index contributed by atoms with van der Waals surface area (Å²) in [4.78, 5) is 18.2. The Morgan fingerprint density at radius 2 is 2.16 bits per heavy atom. The fourth-order valence-corrected chi connectivity index (χ4v) is 2.19. The van der Waals surface area contributed by atoms with E-state index >= 15 is 0 Å². The third-order valence-electron chi connectivity index (χ3n) is 3.45. The predicted octanol–water partition coefficient (Wildman–Crippen LogP) is 3.11. The number of nitrogens with one attached hydrogen (secondary N) is 1. The average molecular weight is 255 g/mol. The largest absolute Gasteiger partial charge is 0.327 e. The highest BCUT2D eigenvalue weighted by molar-refractivity contribution is 5.99. The molecule has 1 aromatic carbocycles. The number of urea groups is 1. The van der Waals surface area contributed by atoms with E-state index in [-0.39, 0.29) is 6.03 Å². The van der Waals surface area contributed by atoms with E-state index in [2.05, 4.69) is 10.3 Å². The fourth-order valence-electron chi connectivity index (χ4n) is 2.19. The van der Waals surface area contributed by atoms with Crippen LogP contribution in [-0.4, -0.2) is 29.5 Å². The number of rotatable bonds is 3. The maximum absolute atomic E-state index is 12.1. The molecular formula is C15H17N3O. The minimum Gasteiger partial charge on any atom is -0.327 e. The first kappa shape index (κ1) is 12.0.